The van der Waals surface area contributed by atoms with E-state index in [9.17, 15) is 9.59 Å². The first-order chi connectivity index (χ1) is 9.04. The van der Waals surface area contributed by atoms with E-state index in [1.165, 1.54) is 0 Å². The number of carboxylic acid groups (broad SMARTS) is 1. The fraction of sp³-hybridized carbons (Fsp3) is 0.500. The van der Waals surface area contributed by atoms with Gasteiger partial charge in [0.2, 0.25) is 0 Å². The molecule has 19 heavy (non-hydrogen) atoms. The number of aliphatic hydroxyl groups is 1. The summed E-state index contributed by atoms with van der Waals surface area (Å²) in [7, 11) is 0. The Morgan fingerprint density at radius 1 is 1.47 bits per heavy atom. The molecule has 0 fully saturated rings. The van der Waals surface area contributed by atoms with Gasteiger partial charge in [0, 0.05) is 4.88 Å². The van der Waals surface area contributed by atoms with Gasteiger partial charge in [0.15, 0.2) is 6.10 Å². The number of thiophene rings is 1. The number of aliphatic carboxylic acids is 1. The fourth-order valence-corrected chi connectivity index (χ4v) is 2.36. The van der Waals surface area contributed by atoms with Crippen molar-refractivity contribution in [2.45, 2.75) is 31.9 Å². The third-order valence-electron chi connectivity index (χ3n) is 2.51. The van der Waals surface area contributed by atoms with E-state index < -0.39 is 18.1 Å². The van der Waals surface area contributed by atoms with Gasteiger partial charge >= 0.3 is 12.0 Å². The van der Waals surface area contributed by atoms with Crippen molar-refractivity contribution < 1.29 is 19.8 Å². The van der Waals surface area contributed by atoms with Gasteiger partial charge < -0.3 is 20.8 Å². The second-order valence-electron chi connectivity index (χ2n) is 4.07. The topological polar surface area (TPSA) is 98.7 Å². The van der Waals surface area contributed by atoms with E-state index in [1.807, 2.05) is 24.4 Å². The van der Waals surface area contributed by atoms with Crippen molar-refractivity contribution in [1.29, 1.82) is 0 Å². The van der Waals surface area contributed by atoms with Crippen LogP contribution in [0.3, 0.4) is 0 Å². The van der Waals surface area contributed by atoms with Crippen LogP contribution in [-0.2, 0) is 4.79 Å². The predicted octanol–water partition coefficient (Wildman–Crippen LogP) is 1.33. The van der Waals surface area contributed by atoms with Gasteiger partial charge in [-0.3, -0.25) is 0 Å². The Bertz CT molecular complexity index is 408. The summed E-state index contributed by atoms with van der Waals surface area (Å²) < 4.78 is 0. The number of amides is 2. The molecule has 0 bridgehead atoms. The van der Waals surface area contributed by atoms with Gasteiger partial charge in [-0.1, -0.05) is 19.4 Å². The first-order valence-electron chi connectivity index (χ1n) is 6.03. The number of hydrogen-bond donors (Lipinski definition) is 4. The summed E-state index contributed by atoms with van der Waals surface area (Å²) >= 11 is 1.56. The number of carbonyl (C=O) groups is 2. The van der Waals surface area contributed by atoms with Gasteiger partial charge in [-0.2, -0.15) is 0 Å². The first-order valence-corrected chi connectivity index (χ1v) is 6.91. The zero-order valence-electron chi connectivity index (χ0n) is 10.6. The highest BCUT2D eigenvalue weighted by atomic mass is 32.1. The van der Waals surface area contributed by atoms with Crippen molar-refractivity contribution in [3.8, 4) is 0 Å². The molecule has 0 spiro atoms. The molecule has 0 radical (unpaired) electrons. The van der Waals surface area contributed by atoms with Crippen molar-refractivity contribution in [2.75, 3.05) is 6.54 Å². The Labute approximate surface area is 115 Å². The summed E-state index contributed by atoms with van der Waals surface area (Å²) in [4.78, 5) is 23.1. The van der Waals surface area contributed by atoms with Gasteiger partial charge in [0.1, 0.15) is 0 Å². The maximum Gasteiger partial charge on any atom is 0.334 e. The van der Waals surface area contributed by atoms with Gasteiger partial charge in [-0.25, -0.2) is 9.59 Å². The molecule has 2 amide bonds. The van der Waals surface area contributed by atoms with Crippen LogP contribution >= 0.6 is 11.3 Å². The highest BCUT2D eigenvalue weighted by Gasteiger charge is 2.17. The average molecular weight is 286 g/mol. The van der Waals surface area contributed by atoms with Crippen molar-refractivity contribution >= 4 is 23.3 Å². The van der Waals surface area contributed by atoms with E-state index in [0.29, 0.717) is 0 Å². The zero-order valence-corrected chi connectivity index (χ0v) is 11.4. The van der Waals surface area contributed by atoms with Crippen molar-refractivity contribution in [2.24, 2.45) is 0 Å². The number of carboxylic acids is 1. The molecular weight excluding hydrogens is 268 g/mol. The molecule has 1 unspecified atom stereocenters. The van der Waals surface area contributed by atoms with Gasteiger partial charge in [0.05, 0.1) is 12.6 Å². The molecule has 0 aliphatic heterocycles. The third kappa shape index (κ3) is 5.27. The lowest BCUT2D eigenvalue weighted by Gasteiger charge is -2.17. The lowest BCUT2D eigenvalue weighted by Crippen LogP contribution is -2.43. The van der Waals surface area contributed by atoms with E-state index in [2.05, 4.69) is 10.6 Å². The fourth-order valence-electron chi connectivity index (χ4n) is 1.55. The molecule has 1 rings (SSSR count). The Morgan fingerprint density at radius 3 is 2.74 bits per heavy atom. The van der Waals surface area contributed by atoms with Gasteiger partial charge in [0.25, 0.3) is 0 Å². The van der Waals surface area contributed by atoms with Crippen LogP contribution in [-0.4, -0.2) is 34.9 Å². The maximum atomic E-state index is 11.6. The quantitative estimate of drug-likeness (QED) is 0.608. The highest BCUT2D eigenvalue weighted by Crippen LogP contribution is 2.22. The smallest absolute Gasteiger partial charge is 0.334 e. The molecule has 106 valence electrons. The minimum atomic E-state index is -1.59. The van der Waals surface area contributed by atoms with Crippen LogP contribution in [0.15, 0.2) is 17.5 Å². The summed E-state index contributed by atoms with van der Waals surface area (Å²) in [5, 5.41) is 24.6. The molecule has 0 aromatic carbocycles. The van der Waals surface area contributed by atoms with Crippen molar-refractivity contribution in [3.63, 3.8) is 0 Å². The first kappa shape index (κ1) is 15.5. The Balaban J connectivity index is 2.46. The number of nitrogens with one attached hydrogen (secondary N) is 2. The normalized spacial score (nSPS) is 13.6. The van der Waals surface area contributed by atoms with Gasteiger partial charge in [-0.05, 0) is 17.9 Å². The Kier molecular flexibility index (Phi) is 6.31. The minimum absolute atomic E-state index is 0.0908. The molecule has 1 heterocycles. The summed E-state index contributed by atoms with van der Waals surface area (Å²) in [6, 6.07) is 3.28. The zero-order chi connectivity index (χ0) is 14.3. The molecule has 0 saturated carbocycles. The molecule has 0 aliphatic carbocycles. The maximum absolute atomic E-state index is 11.6. The lowest BCUT2D eigenvalue weighted by atomic mass is 10.1. The molecule has 7 heteroatoms. The monoisotopic (exact) mass is 286 g/mol. The van der Waals surface area contributed by atoms with Crippen LogP contribution in [0.4, 0.5) is 4.79 Å². The van der Waals surface area contributed by atoms with Crippen LogP contribution in [0, 0.1) is 0 Å². The molecule has 2 atom stereocenters. The largest absolute Gasteiger partial charge is 0.479 e. The lowest BCUT2D eigenvalue weighted by molar-refractivity contribution is -0.146. The molecule has 1 aromatic rings. The van der Waals surface area contributed by atoms with E-state index in [0.717, 1.165) is 17.7 Å². The standard InChI is InChI=1S/C12H18N2O4S/c1-2-4-8(10-5-3-6-19-10)14-12(18)13-7-9(15)11(16)17/h3,5-6,8-9,15H,2,4,7H2,1H3,(H,16,17)(H2,13,14,18)/t8?,9-/m0/s1. The van der Waals surface area contributed by atoms with E-state index >= 15 is 0 Å². The molecule has 0 saturated heterocycles. The van der Waals surface area contributed by atoms with E-state index in [-0.39, 0.29) is 12.6 Å². The summed E-state index contributed by atoms with van der Waals surface area (Å²) in [6.45, 7) is 1.71. The SMILES string of the molecule is CCCC(NC(=O)NC[C@H](O)C(=O)O)c1cccs1. The second-order valence-corrected chi connectivity index (χ2v) is 5.04. The number of carbonyl (C=O) groups excluding carboxylic acids is 1. The summed E-state index contributed by atoms with van der Waals surface area (Å²) in [6.07, 6.45) is 0.132. The molecule has 1 aromatic heterocycles. The molecule has 6 nitrogen and oxygen atoms in total. The van der Waals surface area contributed by atoms with Gasteiger partial charge in [-0.15, -0.1) is 11.3 Å². The predicted molar refractivity (Wildman–Crippen MR) is 72.1 cm³/mol. The van der Waals surface area contributed by atoms with E-state index in [1.54, 1.807) is 11.3 Å². The second kappa shape index (κ2) is 7.75. The number of aliphatic hydroxyl groups excluding tert-OH is 1. The van der Waals surface area contributed by atoms with E-state index in [4.69, 9.17) is 10.2 Å². The number of hydrogen-bond acceptors (Lipinski definition) is 4. The van der Waals surface area contributed by atoms with Crippen LogP contribution in [0.25, 0.3) is 0 Å². The Hall–Kier alpha value is -1.60. The number of rotatable bonds is 7. The van der Waals surface area contributed by atoms with Crippen molar-refractivity contribution in [1.82, 2.24) is 10.6 Å². The van der Waals surface area contributed by atoms with Crippen LogP contribution in [0.2, 0.25) is 0 Å². The molecule has 4 N–H and O–H groups in total. The average Bonchev–Trinajstić information content (AvgIpc) is 2.89. The molecule has 0 aliphatic rings. The van der Waals surface area contributed by atoms with Crippen molar-refractivity contribution in [3.05, 3.63) is 22.4 Å². The highest BCUT2D eigenvalue weighted by molar-refractivity contribution is 7.10. The summed E-state index contributed by atoms with van der Waals surface area (Å²) in [5.74, 6) is -1.36. The number of urea groups is 1. The van der Waals surface area contributed by atoms with Crippen LogP contribution in [0.1, 0.15) is 30.7 Å². The Morgan fingerprint density at radius 2 is 2.21 bits per heavy atom. The minimum Gasteiger partial charge on any atom is -0.479 e. The van der Waals surface area contributed by atoms with Crippen LogP contribution < -0.4 is 10.6 Å². The molecular formula is C12H18N2O4S. The third-order valence-corrected chi connectivity index (χ3v) is 3.50. The van der Waals surface area contributed by atoms with Crippen LogP contribution in [0.5, 0.6) is 0 Å². The summed E-state index contributed by atoms with van der Waals surface area (Å²) in [5.41, 5.74) is 0.